The van der Waals surface area contributed by atoms with Gasteiger partial charge in [-0.3, -0.25) is 0 Å². The predicted molar refractivity (Wildman–Crippen MR) is 45.8 cm³/mol. The molecule has 0 aliphatic rings. The summed E-state index contributed by atoms with van der Waals surface area (Å²) in [6.45, 7) is 0. The maximum absolute atomic E-state index is 8.88. The third-order valence-electron chi connectivity index (χ3n) is 0. The summed E-state index contributed by atoms with van der Waals surface area (Å²) in [4.78, 5) is 43.1. The molecule has 0 saturated carbocycles. The van der Waals surface area contributed by atoms with Crippen LogP contribution >= 0.6 is 15.6 Å². The van der Waals surface area contributed by atoms with Gasteiger partial charge in [-0.25, -0.2) is 9.13 Å². The van der Waals surface area contributed by atoms with Gasteiger partial charge >= 0.3 is 15.6 Å². The van der Waals surface area contributed by atoms with E-state index in [4.69, 9.17) is 38.5 Å². The van der Waals surface area contributed by atoms with Crippen molar-refractivity contribution >= 4 is 66.9 Å². The minimum absolute atomic E-state index is 0. The Hall–Kier alpha value is 1.78. The second-order valence-electron chi connectivity index (χ2n) is 1.03. The molecule has 0 fully saturated rings. The van der Waals surface area contributed by atoms with Gasteiger partial charge in [-0.05, 0) is 0 Å². The van der Waals surface area contributed by atoms with E-state index in [-0.39, 0.29) is 51.2 Å². The van der Waals surface area contributed by atoms with Gasteiger partial charge in [0.05, 0.1) is 0 Å². The smallest absolute Gasteiger partial charge is 0.303 e. The second-order valence-corrected chi connectivity index (χ2v) is 3.08. The predicted octanol–water partition coefficient (Wildman–Crippen LogP) is -3.00. The van der Waals surface area contributed by atoms with Crippen LogP contribution in [0.25, 0.3) is 0 Å². The van der Waals surface area contributed by atoms with Crippen LogP contribution in [0.1, 0.15) is 0 Å². The van der Waals surface area contributed by atoms with E-state index in [2.05, 4.69) is 0 Å². The maximum atomic E-state index is 8.88. The standard InChI is InChI=1S/2H3O4P.3Se/c2*1-5(2,3)4;;;/h2*(H3,1,2,3,4);;;. The van der Waals surface area contributed by atoms with E-state index in [0.29, 0.717) is 0 Å². The topological polar surface area (TPSA) is 156 Å². The average molecular weight is 433 g/mol. The maximum Gasteiger partial charge on any atom is 0.466 e. The van der Waals surface area contributed by atoms with Crippen molar-refractivity contribution in [3.8, 4) is 0 Å². The molecular formula is H6O8P2Se3. The molecule has 82 valence electrons. The van der Waals surface area contributed by atoms with Gasteiger partial charge in [-0.15, -0.1) is 0 Å². The molecule has 13 heteroatoms. The van der Waals surface area contributed by atoms with Crippen molar-refractivity contribution < 1.29 is 38.5 Å². The van der Waals surface area contributed by atoms with Crippen LogP contribution < -0.4 is 0 Å². The largest absolute Gasteiger partial charge is 0.466 e. The van der Waals surface area contributed by atoms with Gasteiger partial charge in [0.2, 0.25) is 0 Å². The number of phosphoric acid groups is 2. The van der Waals surface area contributed by atoms with E-state index >= 15 is 0 Å². The van der Waals surface area contributed by atoms with Gasteiger partial charge in [-0.2, -0.15) is 0 Å². The quantitative estimate of drug-likeness (QED) is 0.175. The molecule has 6 radical (unpaired) electrons. The van der Waals surface area contributed by atoms with E-state index in [0.717, 1.165) is 0 Å². The Bertz CT molecular complexity index is 130. The third-order valence-corrected chi connectivity index (χ3v) is 0. The Morgan fingerprint density at radius 3 is 0.538 bits per heavy atom. The number of hydrogen-bond donors (Lipinski definition) is 6. The molecule has 0 saturated heterocycles. The van der Waals surface area contributed by atoms with Crippen LogP contribution in [0.15, 0.2) is 0 Å². The fraction of sp³-hybridized carbons (Fsp3) is 0. The third kappa shape index (κ3) is 604. The summed E-state index contributed by atoms with van der Waals surface area (Å²) in [7, 11) is -9.28. The SMILES string of the molecule is O=P(O)(O)O.O=P(O)(O)O.[Se].[Se].[Se]. The van der Waals surface area contributed by atoms with E-state index in [1.807, 2.05) is 0 Å². The summed E-state index contributed by atoms with van der Waals surface area (Å²) in [5.74, 6) is 0. The molecule has 0 aromatic heterocycles. The van der Waals surface area contributed by atoms with Gasteiger partial charge in [0, 0.05) is 51.2 Å². The summed E-state index contributed by atoms with van der Waals surface area (Å²) in [5.41, 5.74) is 0. The molecule has 13 heavy (non-hydrogen) atoms. The fourth-order valence-corrected chi connectivity index (χ4v) is 0. The van der Waals surface area contributed by atoms with Crippen molar-refractivity contribution in [3.05, 3.63) is 0 Å². The van der Waals surface area contributed by atoms with E-state index in [1.165, 1.54) is 0 Å². The summed E-state index contributed by atoms with van der Waals surface area (Å²) in [6.07, 6.45) is 0. The van der Waals surface area contributed by atoms with Crippen molar-refractivity contribution in [1.29, 1.82) is 0 Å². The van der Waals surface area contributed by atoms with Crippen LogP contribution in [0, 0.1) is 0 Å². The van der Waals surface area contributed by atoms with Crippen LogP contribution in [0.5, 0.6) is 0 Å². The minimum atomic E-state index is -4.64. The van der Waals surface area contributed by atoms with Crippen LogP contribution in [0.3, 0.4) is 0 Å². The zero-order valence-corrected chi connectivity index (χ0v) is 12.5. The van der Waals surface area contributed by atoms with Crippen LogP contribution in [-0.2, 0) is 9.13 Å². The van der Waals surface area contributed by atoms with Crippen molar-refractivity contribution in [3.63, 3.8) is 0 Å². The summed E-state index contributed by atoms with van der Waals surface area (Å²) in [5, 5.41) is 0. The first-order valence-corrected chi connectivity index (χ1v) is 4.70. The van der Waals surface area contributed by atoms with Crippen LogP contribution in [0.2, 0.25) is 0 Å². The fourth-order valence-electron chi connectivity index (χ4n) is 0. The molecule has 0 aromatic rings. The normalized spacial score (nSPS) is 9.08. The van der Waals surface area contributed by atoms with Gasteiger partial charge in [-0.1, -0.05) is 0 Å². The molecule has 0 aliphatic heterocycles. The monoisotopic (exact) mass is 436 g/mol. The number of rotatable bonds is 0. The summed E-state index contributed by atoms with van der Waals surface area (Å²) in [6, 6.07) is 0. The second kappa shape index (κ2) is 11.9. The molecule has 0 aromatic carbocycles. The zero-order chi connectivity index (χ0) is 9.00. The number of hydrogen-bond acceptors (Lipinski definition) is 2. The Morgan fingerprint density at radius 1 is 0.538 bits per heavy atom. The first-order chi connectivity index (χ1) is 4.00. The molecule has 0 spiro atoms. The Labute approximate surface area is 105 Å². The van der Waals surface area contributed by atoms with E-state index in [9.17, 15) is 0 Å². The molecule has 0 bridgehead atoms. The molecule has 0 aliphatic carbocycles. The van der Waals surface area contributed by atoms with Crippen LogP contribution in [0.4, 0.5) is 0 Å². The first-order valence-electron chi connectivity index (χ1n) is 1.57. The van der Waals surface area contributed by atoms with Gasteiger partial charge in [0.25, 0.3) is 0 Å². The minimum Gasteiger partial charge on any atom is -0.303 e. The molecule has 0 atom stereocenters. The van der Waals surface area contributed by atoms with Crippen LogP contribution in [-0.4, -0.2) is 80.6 Å². The molecular weight excluding hydrogens is 427 g/mol. The average Bonchev–Trinajstić information content (AvgIpc) is 1.12. The van der Waals surface area contributed by atoms with Gasteiger partial charge in [0.1, 0.15) is 0 Å². The molecule has 6 N–H and O–H groups in total. The van der Waals surface area contributed by atoms with E-state index < -0.39 is 15.6 Å². The van der Waals surface area contributed by atoms with E-state index in [1.54, 1.807) is 0 Å². The summed E-state index contributed by atoms with van der Waals surface area (Å²) < 4.78 is 17.8. The molecule has 0 heterocycles. The molecule has 8 nitrogen and oxygen atoms in total. The summed E-state index contributed by atoms with van der Waals surface area (Å²) >= 11 is 0. The molecule has 0 unspecified atom stereocenters. The van der Waals surface area contributed by atoms with Gasteiger partial charge < -0.3 is 29.4 Å². The Balaban J connectivity index is -0.0000000267. The molecule has 0 amide bonds. The van der Waals surface area contributed by atoms with Crippen molar-refractivity contribution in [1.82, 2.24) is 0 Å². The molecule has 0 rings (SSSR count). The van der Waals surface area contributed by atoms with Crippen molar-refractivity contribution in [2.75, 3.05) is 0 Å². The first kappa shape index (κ1) is 29.3. The van der Waals surface area contributed by atoms with Crippen molar-refractivity contribution in [2.24, 2.45) is 0 Å². The zero-order valence-electron chi connectivity index (χ0n) is 5.62. The van der Waals surface area contributed by atoms with Gasteiger partial charge in [0.15, 0.2) is 0 Å². The Morgan fingerprint density at radius 2 is 0.538 bits per heavy atom. The van der Waals surface area contributed by atoms with Crippen molar-refractivity contribution in [2.45, 2.75) is 0 Å². The Kier molecular flexibility index (Phi) is 26.7.